The predicted molar refractivity (Wildman–Crippen MR) is 138 cm³/mol. The van der Waals surface area contributed by atoms with Crippen LogP contribution in [0.2, 0.25) is 0 Å². The monoisotopic (exact) mass is 454 g/mol. The lowest BCUT2D eigenvalue weighted by Crippen LogP contribution is -2.66. The molecule has 5 saturated carbocycles. The van der Waals surface area contributed by atoms with Gasteiger partial charge in [0.05, 0.1) is 0 Å². The summed E-state index contributed by atoms with van der Waals surface area (Å²) in [6.07, 6.45) is 12.9. The van der Waals surface area contributed by atoms with Gasteiger partial charge in [0.15, 0.2) is 0 Å². The van der Waals surface area contributed by atoms with E-state index in [1.807, 2.05) is 8.05 Å². The van der Waals surface area contributed by atoms with Crippen LogP contribution in [0.3, 0.4) is 0 Å². The van der Waals surface area contributed by atoms with Gasteiger partial charge in [0.2, 0.25) is 0 Å². The molecule has 5 aliphatic carbocycles. The number of hydrogen-bond acceptors (Lipinski definition) is 2. The van der Waals surface area contributed by atoms with Crippen molar-refractivity contribution in [3.8, 4) is 0 Å². The third-order valence-electron chi connectivity index (χ3n) is 13.7. The largest absolute Gasteiger partial charge is 0.443 e. The second-order valence-electron chi connectivity index (χ2n) is 15.1. The molecule has 5 fully saturated rings. The summed E-state index contributed by atoms with van der Waals surface area (Å²) >= 11 is 0. The van der Waals surface area contributed by atoms with E-state index in [4.69, 9.17) is 4.65 Å². The Kier molecular flexibility index (Phi) is 5.62. The number of carbonyl (C=O) groups is 1. The Labute approximate surface area is 205 Å². The van der Waals surface area contributed by atoms with Crippen LogP contribution in [0.15, 0.2) is 0 Å². The van der Waals surface area contributed by atoms with Crippen molar-refractivity contribution in [2.24, 2.45) is 62.6 Å². The van der Waals surface area contributed by atoms with Gasteiger partial charge in [-0.3, -0.25) is 4.79 Å². The predicted octanol–water partition coefficient (Wildman–Crippen LogP) is 6.86. The van der Waals surface area contributed by atoms with Crippen molar-refractivity contribution in [1.82, 2.24) is 0 Å². The van der Waals surface area contributed by atoms with Crippen molar-refractivity contribution < 1.29 is 9.45 Å². The zero-order valence-electron chi connectivity index (χ0n) is 23.1. The van der Waals surface area contributed by atoms with Crippen molar-refractivity contribution in [2.75, 3.05) is 6.61 Å². The average Bonchev–Trinajstić information content (AvgIpc) is 3.12. The quantitative estimate of drug-likeness (QED) is 0.436. The van der Waals surface area contributed by atoms with Crippen LogP contribution in [0, 0.1) is 62.6 Å². The van der Waals surface area contributed by atoms with Crippen LogP contribution < -0.4 is 0 Å². The van der Waals surface area contributed by atoms with Crippen molar-refractivity contribution in [3.05, 3.63) is 0 Å². The minimum absolute atomic E-state index is 0.138. The molecule has 9 atom stereocenters. The first-order chi connectivity index (χ1) is 15.4. The number of rotatable bonds is 3. The van der Waals surface area contributed by atoms with E-state index in [0.717, 1.165) is 49.0 Å². The van der Waals surface area contributed by atoms with Gasteiger partial charge in [-0.2, -0.15) is 0 Å². The average molecular weight is 455 g/mol. The van der Waals surface area contributed by atoms with Gasteiger partial charge >= 0.3 is 0 Å². The fraction of sp³-hybridized carbons (Fsp3) is 0.967. The molecule has 0 heterocycles. The summed E-state index contributed by atoms with van der Waals surface area (Å²) in [6, 6.07) is 0. The molecule has 5 aliphatic rings. The van der Waals surface area contributed by atoms with Gasteiger partial charge in [0.25, 0.3) is 8.05 Å². The first-order valence-electron chi connectivity index (χ1n) is 14.4. The van der Waals surface area contributed by atoms with Gasteiger partial charge in [-0.15, -0.1) is 0 Å². The third-order valence-corrected chi connectivity index (χ3v) is 13.7. The highest BCUT2D eigenvalue weighted by molar-refractivity contribution is 5.97. The van der Waals surface area contributed by atoms with Gasteiger partial charge < -0.3 is 4.65 Å². The van der Waals surface area contributed by atoms with Crippen LogP contribution in [-0.2, 0) is 9.45 Å². The van der Waals surface area contributed by atoms with Crippen LogP contribution in [0.1, 0.15) is 113 Å². The Balaban J connectivity index is 1.54. The van der Waals surface area contributed by atoms with Gasteiger partial charge in [-0.25, -0.2) is 0 Å². The van der Waals surface area contributed by atoms with E-state index in [2.05, 4.69) is 48.5 Å². The summed E-state index contributed by atoms with van der Waals surface area (Å²) < 4.78 is 5.95. The molecule has 0 radical (unpaired) electrons. The van der Waals surface area contributed by atoms with Crippen LogP contribution in [-0.4, -0.2) is 20.4 Å². The molecular formula is C30H51BO2. The molecule has 186 valence electrons. The molecule has 0 spiro atoms. The first-order valence-corrected chi connectivity index (χ1v) is 14.4. The number of Topliss-reactive ketones (excluding diaryl/α,β-unsaturated/α-hetero) is 1. The molecule has 4 unspecified atom stereocenters. The molecule has 0 bridgehead atoms. The minimum Gasteiger partial charge on any atom is -0.443 e. The maximum absolute atomic E-state index is 13.0. The number of ketones is 1. The van der Waals surface area contributed by atoms with Gasteiger partial charge in [0, 0.05) is 18.4 Å². The molecule has 2 nitrogen and oxygen atoms in total. The molecule has 0 aromatic rings. The number of hydrogen-bond donors (Lipinski definition) is 0. The summed E-state index contributed by atoms with van der Waals surface area (Å²) in [4.78, 5) is 13.0. The number of carbonyl (C=O) groups excluding carboxylic acids is 1. The zero-order chi connectivity index (χ0) is 24.0. The van der Waals surface area contributed by atoms with Crippen LogP contribution >= 0.6 is 0 Å². The van der Waals surface area contributed by atoms with E-state index in [0.29, 0.717) is 33.4 Å². The maximum Gasteiger partial charge on any atom is 0.257 e. The summed E-state index contributed by atoms with van der Waals surface area (Å²) in [5.41, 5.74) is 1.44. The smallest absolute Gasteiger partial charge is 0.257 e. The Morgan fingerprint density at radius 2 is 1.61 bits per heavy atom. The molecule has 3 heteroatoms. The minimum atomic E-state index is -0.138. The Bertz CT molecular complexity index is 805. The van der Waals surface area contributed by atoms with Crippen LogP contribution in [0.5, 0.6) is 0 Å². The van der Waals surface area contributed by atoms with Crippen molar-refractivity contribution >= 4 is 13.8 Å². The second-order valence-corrected chi connectivity index (χ2v) is 15.1. The summed E-state index contributed by atoms with van der Waals surface area (Å²) in [5, 5.41) is 0. The van der Waals surface area contributed by atoms with E-state index in [9.17, 15) is 4.79 Å². The van der Waals surface area contributed by atoms with Crippen molar-refractivity contribution in [2.45, 2.75) is 113 Å². The normalized spacial score (nSPS) is 53.2. The lowest BCUT2D eigenvalue weighted by molar-refractivity contribution is -0.237. The fourth-order valence-corrected chi connectivity index (χ4v) is 11.9. The van der Waals surface area contributed by atoms with E-state index in [-0.39, 0.29) is 5.41 Å². The summed E-state index contributed by atoms with van der Waals surface area (Å²) in [6.45, 7) is 18.6. The standard InChI is InChI=1S/C30H51BO2/c1-19(2)20-10-15-30(18-33-31)17-16-28(6)21(25(20)30)8-9-23-27(5)13-12-24(32)26(3,4)22(27)11-14-29(23,28)7/h19-23,25H,8-18,31H2,1-7H3/t20-,21?,22?,23?,25?,27-,28+,29+,30+/m0/s1. The SMILES string of the molecule is BOC[C@]12CC[C@@H](C(C)C)C1C1CCC3[C@@]4(C)CCC(=O)C(C)(C)C4CC[C@@]3(C)[C@]1(C)CC2. The van der Waals surface area contributed by atoms with Crippen molar-refractivity contribution in [3.63, 3.8) is 0 Å². The van der Waals surface area contributed by atoms with Gasteiger partial charge in [-0.05, 0) is 115 Å². The molecule has 5 rings (SSSR count). The molecule has 0 saturated heterocycles. The lowest BCUT2D eigenvalue weighted by atomic mass is 9.32. The topological polar surface area (TPSA) is 26.3 Å². The maximum atomic E-state index is 13.0. The Morgan fingerprint density at radius 3 is 2.27 bits per heavy atom. The summed E-state index contributed by atoms with van der Waals surface area (Å²) in [5.74, 6) is 5.19. The van der Waals surface area contributed by atoms with Crippen LogP contribution in [0.25, 0.3) is 0 Å². The van der Waals surface area contributed by atoms with E-state index < -0.39 is 0 Å². The Morgan fingerprint density at radius 1 is 0.879 bits per heavy atom. The first kappa shape index (κ1) is 24.4. The molecule has 0 N–H and O–H groups in total. The second kappa shape index (κ2) is 7.60. The fourth-order valence-electron chi connectivity index (χ4n) is 11.9. The van der Waals surface area contributed by atoms with Crippen LogP contribution in [0.4, 0.5) is 0 Å². The summed E-state index contributed by atoms with van der Waals surface area (Å²) in [7, 11) is 1.94. The molecule has 0 amide bonds. The molecule has 0 aliphatic heterocycles. The van der Waals surface area contributed by atoms with E-state index in [1.165, 1.54) is 51.4 Å². The molecule has 0 aromatic carbocycles. The molecular weight excluding hydrogens is 403 g/mol. The zero-order valence-corrected chi connectivity index (χ0v) is 23.1. The Hall–Kier alpha value is -0.305. The van der Waals surface area contributed by atoms with Crippen molar-refractivity contribution in [1.29, 1.82) is 0 Å². The highest BCUT2D eigenvalue weighted by Gasteiger charge is 2.70. The lowest BCUT2D eigenvalue weighted by Gasteiger charge is -2.72. The number of fused-ring (bicyclic) bond motifs is 7. The molecule has 0 aromatic heterocycles. The van der Waals surface area contributed by atoms with E-state index >= 15 is 0 Å². The highest BCUT2D eigenvalue weighted by Crippen LogP contribution is 2.77. The van der Waals surface area contributed by atoms with E-state index in [1.54, 1.807) is 0 Å². The van der Waals surface area contributed by atoms with Gasteiger partial charge in [-0.1, -0.05) is 48.5 Å². The third kappa shape index (κ3) is 2.99. The van der Waals surface area contributed by atoms with Gasteiger partial charge in [0.1, 0.15) is 5.78 Å². The molecule has 33 heavy (non-hydrogen) atoms. The highest BCUT2D eigenvalue weighted by atomic mass is 16.4.